The molecule has 5 heteroatoms. The molecule has 0 saturated carbocycles. The molecule has 106 valence electrons. The third kappa shape index (κ3) is 2.88. The molecule has 0 aliphatic rings. The number of nitrogens with two attached hydrogens (primary N) is 1. The minimum atomic E-state index is -0.458. The molecule has 1 amide bonds. The lowest BCUT2D eigenvalue weighted by Crippen LogP contribution is -2.14. The Morgan fingerprint density at radius 1 is 1.40 bits per heavy atom. The van der Waals surface area contributed by atoms with Crippen molar-refractivity contribution < 1.29 is 9.90 Å². The van der Waals surface area contributed by atoms with Crippen LogP contribution in [0.5, 0.6) is 0 Å². The Morgan fingerprint density at radius 3 is 2.70 bits per heavy atom. The van der Waals surface area contributed by atoms with Crippen molar-refractivity contribution in [3.8, 4) is 11.3 Å². The summed E-state index contributed by atoms with van der Waals surface area (Å²) in [5.41, 5.74) is 9.29. The number of benzene rings is 1. The predicted octanol–water partition coefficient (Wildman–Crippen LogP) is 1.65. The Labute approximate surface area is 118 Å². The maximum absolute atomic E-state index is 11.4. The monoisotopic (exact) mass is 273 g/mol. The fourth-order valence-corrected chi connectivity index (χ4v) is 2.13. The third-order valence-corrected chi connectivity index (χ3v) is 3.22. The van der Waals surface area contributed by atoms with Crippen LogP contribution in [0.1, 0.15) is 28.5 Å². The van der Waals surface area contributed by atoms with Crippen molar-refractivity contribution in [3.63, 3.8) is 0 Å². The lowest BCUT2D eigenvalue weighted by molar-refractivity contribution is 0.0999. The molecular formula is C15H19N3O2. The van der Waals surface area contributed by atoms with E-state index in [1.165, 1.54) is 0 Å². The van der Waals surface area contributed by atoms with E-state index < -0.39 is 12.0 Å². The molecule has 0 fully saturated rings. The van der Waals surface area contributed by atoms with Gasteiger partial charge >= 0.3 is 0 Å². The molecule has 0 aliphatic carbocycles. The van der Waals surface area contributed by atoms with Crippen molar-refractivity contribution in [2.24, 2.45) is 5.73 Å². The summed E-state index contributed by atoms with van der Waals surface area (Å²) in [5.74, 6) is -0.440. The summed E-state index contributed by atoms with van der Waals surface area (Å²) in [4.78, 5) is 11.4. The summed E-state index contributed by atoms with van der Waals surface area (Å²) in [7, 11) is 0. The van der Waals surface area contributed by atoms with Crippen LogP contribution in [0, 0.1) is 13.8 Å². The first kappa shape index (κ1) is 14.3. The maximum atomic E-state index is 11.4. The number of amides is 1. The zero-order valence-corrected chi connectivity index (χ0v) is 11.9. The summed E-state index contributed by atoms with van der Waals surface area (Å²) in [6.45, 7) is 5.95. The molecule has 3 N–H and O–H groups in total. The standard InChI is InChI=1S/C15H19N3O2/c1-9-4-5-12(7-13(9)15(16)20)14-6-10(2)18(17-14)8-11(3)19/h4-7,11,19H,8H2,1-3H3,(H2,16,20)/t11-/m1/s1. The number of aliphatic hydroxyl groups is 1. The molecule has 1 heterocycles. The van der Waals surface area contributed by atoms with E-state index in [4.69, 9.17) is 5.73 Å². The number of carbonyl (C=O) groups excluding carboxylic acids is 1. The maximum Gasteiger partial charge on any atom is 0.248 e. The van der Waals surface area contributed by atoms with Gasteiger partial charge in [-0.25, -0.2) is 0 Å². The lowest BCUT2D eigenvalue weighted by Gasteiger charge is -2.06. The van der Waals surface area contributed by atoms with Gasteiger partial charge in [-0.3, -0.25) is 9.48 Å². The van der Waals surface area contributed by atoms with Gasteiger partial charge in [0.05, 0.1) is 18.3 Å². The Hall–Kier alpha value is -2.14. The topological polar surface area (TPSA) is 81.1 Å². The summed E-state index contributed by atoms with van der Waals surface area (Å²) >= 11 is 0. The van der Waals surface area contributed by atoms with Gasteiger partial charge in [0.1, 0.15) is 0 Å². The van der Waals surface area contributed by atoms with Gasteiger partial charge in [-0.15, -0.1) is 0 Å². The van der Waals surface area contributed by atoms with Crippen LogP contribution in [-0.4, -0.2) is 26.9 Å². The van der Waals surface area contributed by atoms with Crippen LogP contribution in [-0.2, 0) is 6.54 Å². The van der Waals surface area contributed by atoms with E-state index >= 15 is 0 Å². The van der Waals surface area contributed by atoms with Gasteiger partial charge in [-0.2, -0.15) is 5.10 Å². The third-order valence-electron chi connectivity index (χ3n) is 3.22. The number of hydrogen-bond donors (Lipinski definition) is 2. The summed E-state index contributed by atoms with van der Waals surface area (Å²) in [5, 5.41) is 13.9. The van der Waals surface area contributed by atoms with E-state index in [2.05, 4.69) is 5.10 Å². The molecule has 2 aromatic rings. The van der Waals surface area contributed by atoms with Gasteiger partial charge in [0.25, 0.3) is 0 Å². The van der Waals surface area contributed by atoms with E-state index in [-0.39, 0.29) is 0 Å². The van der Waals surface area contributed by atoms with E-state index in [0.29, 0.717) is 12.1 Å². The quantitative estimate of drug-likeness (QED) is 0.888. The molecule has 1 aromatic heterocycles. The zero-order valence-electron chi connectivity index (χ0n) is 11.9. The van der Waals surface area contributed by atoms with E-state index in [1.807, 2.05) is 32.0 Å². The second kappa shape index (κ2) is 5.46. The smallest absolute Gasteiger partial charge is 0.248 e. The minimum absolute atomic E-state index is 0.440. The lowest BCUT2D eigenvalue weighted by atomic mass is 10.0. The van der Waals surface area contributed by atoms with Crippen LogP contribution in [0.15, 0.2) is 24.3 Å². The Bertz CT molecular complexity index is 645. The van der Waals surface area contributed by atoms with Crippen molar-refractivity contribution in [1.29, 1.82) is 0 Å². The molecule has 0 spiro atoms. The van der Waals surface area contributed by atoms with Crippen molar-refractivity contribution in [3.05, 3.63) is 41.1 Å². The highest BCUT2D eigenvalue weighted by molar-refractivity contribution is 5.95. The molecular weight excluding hydrogens is 254 g/mol. The number of hydrogen-bond acceptors (Lipinski definition) is 3. The van der Waals surface area contributed by atoms with Crippen molar-refractivity contribution >= 4 is 5.91 Å². The van der Waals surface area contributed by atoms with E-state index in [9.17, 15) is 9.90 Å². The average Bonchev–Trinajstić information content (AvgIpc) is 2.70. The van der Waals surface area contributed by atoms with Crippen LogP contribution < -0.4 is 5.73 Å². The molecule has 0 saturated heterocycles. The van der Waals surface area contributed by atoms with Crippen molar-refractivity contribution in [2.45, 2.75) is 33.4 Å². The zero-order chi connectivity index (χ0) is 14.9. The SMILES string of the molecule is Cc1ccc(-c2cc(C)n(C[C@@H](C)O)n2)cc1C(N)=O. The first-order valence-corrected chi connectivity index (χ1v) is 6.52. The fraction of sp³-hybridized carbons (Fsp3) is 0.333. The highest BCUT2D eigenvalue weighted by atomic mass is 16.3. The van der Waals surface area contributed by atoms with Gasteiger partial charge in [0, 0.05) is 16.8 Å². The largest absolute Gasteiger partial charge is 0.391 e. The van der Waals surface area contributed by atoms with Crippen LogP contribution in [0.2, 0.25) is 0 Å². The van der Waals surface area contributed by atoms with Crippen molar-refractivity contribution in [2.75, 3.05) is 0 Å². The van der Waals surface area contributed by atoms with Gasteiger partial charge in [-0.05, 0) is 38.5 Å². The molecule has 20 heavy (non-hydrogen) atoms. The second-order valence-electron chi connectivity index (χ2n) is 5.10. The second-order valence-corrected chi connectivity index (χ2v) is 5.10. The van der Waals surface area contributed by atoms with Gasteiger partial charge in [0.2, 0.25) is 5.91 Å². The molecule has 0 unspecified atom stereocenters. The van der Waals surface area contributed by atoms with E-state index in [0.717, 1.165) is 22.5 Å². The number of primary amides is 1. The molecule has 2 rings (SSSR count). The molecule has 0 radical (unpaired) electrons. The van der Waals surface area contributed by atoms with Crippen LogP contribution in [0.4, 0.5) is 0 Å². The number of nitrogens with zero attached hydrogens (tertiary/aromatic N) is 2. The van der Waals surface area contributed by atoms with Crippen LogP contribution in [0.3, 0.4) is 0 Å². The Balaban J connectivity index is 2.42. The molecule has 5 nitrogen and oxygen atoms in total. The fourth-order valence-electron chi connectivity index (χ4n) is 2.13. The summed E-state index contributed by atoms with van der Waals surface area (Å²) < 4.78 is 1.75. The van der Waals surface area contributed by atoms with Crippen LogP contribution in [0.25, 0.3) is 11.3 Å². The predicted molar refractivity (Wildman–Crippen MR) is 77.3 cm³/mol. The van der Waals surface area contributed by atoms with Gasteiger partial charge < -0.3 is 10.8 Å². The number of aryl methyl sites for hydroxylation is 2. The van der Waals surface area contributed by atoms with Crippen molar-refractivity contribution in [1.82, 2.24) is 9.78 Å². The first-order valence-electron chi connectivity index (χ1n) is 6.52. The molecule has 1 atom stereocenters. The number of rotatable bonds is 4. The highest BCUT2D eigenvalue weighted by Gasteiger charge is 2.11. The first-order chi connectivity index (χ1) is 9.38. The van der Waals surface area contributed by atoms with Gasteiger partial charge in [0.15, 0.2) is 0 Å². The number of carbonyl (C=O) groups is 1. The Morgan fingerprint density at radius 2 is 2.10 bits per heavy atom. The van der Waals surface area contributed by atoms with Gasteiger partial charge in [-0.1, -0.05) is 12.1 Å². The average molecular weight is 273 g/mol. The van der Waals surface area contributed by atoms with Crippen LogP contribution >= 0.6 is 0 Å². The molecule has 0 aliphatic heterocycles. The molecule has 1 aromatic carbocycles. The number of aromatic nitrogens is 2. The highest BCUT2D eigenvalue weighted by Crippen LogP contribution is 2.22. The normalized spacial score (nSPS) is 12.4. The summed E-state index contributed by atoms with van der Waals surface area (Å²) in [6.07, 6.45) is -0.458. The summed E-state index contributed by atoms with van der Waals surface area (Å²) in [6, 6.07) is 7.46. The Kier molecular flexibility index (Phi) is 3.90. The minimum Gasteiger partial charge on any atom is -0.391 e. The number of aliphatic hydroxyl groups excluding tert-OH is 1. The van der Waals surface area contributed by atoms with E-state index in [1.54, 1.807) is 17.7 Å². The molecule has 0 bridgehead atoms.